The summed E-state index contributed by atoms with van der Waals surface area (Å²) in [6, 6.07) is 5.79. The van der Waals surface area contributed by atoms with Gasteiger partial charge in [-0.05, 0) is 25.0 Å². The van der Waals surface area contributed by atoms with Crippen molar-refractivity contribution < 1.29 is 4.79 Å². The lowest BCUT2D eigenvalue weighted by Gasteiger charge is -2.13. The summed E-state index contributed by atoms with van der Waals surface area (Å²) in [5, 5.41) is 2.77. The molecule has 4 aromatic rings. The van der Waals surface area contributed by atoms with Crippen molar-refractivity contribution in [1.29, 1.82) is 0 Å². The Hall–Kier alpha value is -3.00. The lowest BCUT2D eigenvalue weighted by Crippen LogP contribution is -2.28. The molecule has 130 valence electrons. The van der Waals surface area contributed by atoms with Crippen LogP contribution < -0.4 is 0 Å². The average molecular weight is 364 g/mol. The van der Waals surface area contributed by atoms with E-state index in [1.165, 1.54) is 11.3 Å². The molecule has 0 aliphatic carbocycles. The predicted molar refractivity (Wildman–Crippen MR) is 98.6 cm³/mol. The zero-order valence-corrected chi connectivity index (χ0v) is 14.8. The predicted octanol–water partition coefficient (Wildman–Crippen LogP) is 2.88. The van der Waals surface area contributed by atoms with E-state index in [2.05, 4.69) is 15.0 Å². The molecule has 8 heteroatoms. The maximum Gasteiger partial charge on any atom is 0.274 e. The van der Waals surface area contributed by atoms with E-state index in [1.54, 1.807) is 12.5 Å². The second-order valence-electron chi connectivity index (χ2n) is 6.22. The Balaban J connectivity index is 1.61. The number of fused-ring (bicyclic) bond motifs is 1. The molecule has 0 N–H and O–H groups in total. The summed E-state index contributed by atoms with van der Waals surface area (Å²) >= 11 is 1.54. The monoisotopic (exact) mass is 364 g/mol. The van der Waals surface area contributed by atoms with Gasteiger partial charge in [0.2, 0.25) is 0 Å². The highest BCUT2D eigenvalue weighted by molar-refractivity contribution is 7.12. The molecule has 0 saturated carbocycles. The third-order valence-corrected chi connectivity index (χ3v) is 5.38. The molecule has 26 heavy (non-hydrogen) atoms. The SMILES string of the molecule is O=C(c1nc(-c2cn(-c3nccs3)cn2)n2ccccc12)N1CCCC1. The van der Waals surface area contributed by atoms with Gasteiger partial charge in [-0.1, -0.05) is 6.07 Å². The molecular weight excluding hydrogens is 348 g/mol. The minimum absolute atomic E-state index is 0.00296. The molecule has 4 aromatic heterocycles. The van der Waals surface area contributed by atoms with Crippen LogP contribution in [0.4, 0.5) is 0 Å². The number of thiazole rings is 1. The highest BCUT2D eigenvalue weighted by Crippen LogP contribution is 2.24. The van der Waals surface area contributed by atoms with Gasteiger partial charge in [0.05, 0.1) is 5.52 Å². The number of hydrogen-bond acceptors (Lipinski definition) is 5. The summed E-state index contributed by atoms with van der Waals surface area (Å²) in [7, 11) is 0. The maximum absolute atomic E-state index is 12.9. The van der Waals surface area contributed by atoms with Crippen molar-refractivity contribution in [3.8, 4) is 16.6 Å². The maximum atomic E-state index is 12.9. The molecule has 0 aromatic carbocycles. The van der Waals surface area contributed by atoms with Crippen LogP contribution in [0.2, 0.25) is 0 Å². The number of likely N-dealkylation sites (tertiary alicyclic amines) is 1. The van der Waals surface area contributed by atoms with Gasteiger partial charge in [-0.25, -0.2) is 15.0 Å². The fourth-order valence-electron chi connectivity index (χ4n) is 3.33. The van der Waals surface area contributed by atoms with Gasteiger partial charge >= 0.3 is 0 Å². The van der Waals surface area contributed by atoms with Crippen molar-refractivity contribution in [2.75, 3.05) is 13.1 Å². The average Bonchev–Trinajstić information content (AvgIpc) is 3.47. The number of pyridine rings is 1. The number of aromatic nitrogens is 5. The van der Waals surface area contributed by atoms with Gasteiger partial charge in [0.15, 0.2) is 16.6 Å². The summed E-state index contributed by atoms with van der Waals surface area (Å²) in [6.07, 6.45) is 9.41. The van der Waals surface area contributed by atoms with Gasteiger partial charge in [0.25, 0.3) is 5.91 Å². The fourth-order valence-corrected chi connectivity index (χ4v) is 3.92. The van der Waals surface area contributed by atoms with E-state index in [4.69, 9.17) is 0 Å². The summed E-state index contributed by atoms with van der Waals surface area (Å²) in [5.74, 6) is 0.662. The van der Waals surface area contributed by atoms with Crippen molar-refractivity contribution in [2.45, 2.75) is 12.8 Å². The molecule has 0 atom stereocenters. The molecule has 1 amide bonds. The Labute approximate surface area is 153 Å². The number of rotatable bonds is 3. The quantitative estimate of drug-likeness (QED) is 0.561. The van der Waals surface area contributed by atoms with Crippen LogP contribution in [0.3, 0.4) is 0 Å². The van der Waals surface area contributed by atoms with Crippen LogP contribution in [0.15, 0.2) is 48.5 Å². The largest absolute Gasteiger partial charge is 0.337 e. The molecule has 1 aliphatic rings. The van der Waals surface area contributed by atoms with Gasteiger partial charge < -0.3 is 4.90 Å². The Bertz CT molecular complexity index is 1070. The molecule has 1 saturated heterocycles. The Morgan fingerprint density at radius 3 is 2.85 bits per heavy atom. The first-order chi connectivity index (χ1) is 12.8. The molecule has 0 spiro atoms. The van der Waals surface area contributed by atoms with Crippen LogP contribution in [0.5, 0.6) is 0 Å². The summed E-state index contributed by atoms with van der Waals surface area (Å²) in [6.45, 7) is 1.61. The normalized spacial score (nSPS) is 14.4. The lowest BCUT2D eigenvalue weighted by atomic mass is 10.3. The van der Waals surface area contributed by atoms with Crippen molar-refractivity contribution in [1.82, 2.24) is 28.8 Å². The second-order valence-corrected chi connectivity index (χ2v) is 7.09. The van der Waals surface area contributed by atoms with E-state index >= 15 is 0 Å². The minimum Gasteiger partial charge on any atom is -0.337 e. The van der Waals surface area contributed by atoms with Crippen LogP contribution in [-0.4, -0.2) is 47.8 Å². The van der Waals surface area contributed by atoms with Gasteiger partial charge in [-0.3, -0.25) is 13.8 Å². The number of carbonyl (C=O) groups is 1. The number of imidazole rings is 2. The minimum atomic E-state index is -0.00296. The fraction of sp³-hybridized carbons (Fsp3) is 0.222. The lowest BCUT2D eigenvalue weighted by molar-refractivity contribution is 0.0789. The second kappa shape index (κ2) is 6.06. The number of amides is 1. The zero-order chi connectivity index (χ0) is 17.5. The number of carbonyl (C=O) groups excluding carboxylic acids is 1. The van der Waals surface area contributed by atoms with Crippen LogP contribution in [0.1, 0.15) is 23.3 Å². The molecule has 1 fully saturated rings. The highest BCUT2D eigenvalue weighted by Gasteiger charge is 2.25. The van der Waals surface area contributed by atoms with E-state index in [1.807, 2.05) is 49.8 Å². The number of hydrogen-bond donors (Lipinski definition) is 0. The van der Waals surface area contributed by atoms with Crippen molar-refractivity contribution in [2.24, 2.45) is 0 Å². The molecule has 1 aliphatic heterocycles. The van der Waals surface area contributed by atoms with Gasteiger partial charge in [0.1, 0.15) is 12.0 Å². The standard InChI is InChI=1S/C18H16N6OS/c25-17(22-7-3-4-8-22)15-14-5-1-2-9-24(14)16(21-15)13-11-23(12-20-13)18-19-6-10-26-18/h1-2,5-6,9-12H,3-4,7-8H2. The van der Waals surface area contributed by atoms with Crippen molar-refractivity contribution in [3.63, 3.8) is 0 Å². The molecule has 7 nitrogen and oxygen atoms in total. The van der Waals surface area contributed by atoms with Crippen molar-refractivity contribution >= 4 is 22.8 Å². The summed E-state index contributed by atoms with van der Waals surface area (Å²) < 4.78 is 3.80. The third kappa shape index (κ3) is 2.41. The first kappa shape index (κ1) is 15.3. The van der Waals surface area contributed by atoms with E-state index in [0.29, 0.717) is 17.2 Å². The smallest absolute Gasteiger partial charge is 0.274 e. The third-order valence-electron chi connectivity index (χ3n) is 4.60. The van der Waals surface area contributed by atoms with Crippen LogP contribution in [-0.2, 0) is 0 Å². The van der Waals surface area contributed by atoms with Gasteiger partial charge in [0, 0.05) is 37.1 Å². The van der Waals surface area contributed by atoms with E-state index in [-0.39, 0.29) is 5.91 Å². The molecular formula is C18H16N6OS. The highest BCUT2D eigenvalue weighted by atomic mass is 32.1. The van der Waals surface area contributed by atoms with E-state index in [9.17, 15) is 4.79 Å². The molecule has 0 unspecified atom stereocenters. The van der Waals surface area contributed by atoms with Crippen LogP contribution in [0.25, 0.3) is 22.2 Å². The Morgan fingerprint density at radius 1 is 1.15 bits per heavy atom. The van der Waals surface area contributed by atoms with Gasteiger partial charge in [-0.15, -0.1) is 11.3 Å². The van der Waals surface area contributed by atoms with E-state index in [0.717, 1.165) is 36.6 Å². The Morgan fingerprint density at radius 2 is 2.04 bits per heavy atom. The van der Waals surface area contributed by atoms with E-state index < -0.39 is 0 Å². The first-order valence-electron chi connectivity index (χ1n) is 8.52. The van der Waals surface area contributed by atoms with Crippen LogP contribution in [0, 0.1) is 0 Å². The molecule has 5 heterocycles. The van der Waals surface area contributed by atoms with Crippen molar-refractivity contribution in [3.05, 3.63) is 54.2 Å². The first-order valence-corrected chi connectivity index (χ1v) is 9.40. The topological polar surface area (TPSA) is 68.3 Å². The zero-order valence-electron chi connectivity index (χ0n) is 13.9. The Kier molecular flexibility index (Phi) is 3.56. The number of nitrogens with zero attached hydrogens (tertiary/aromatic N) is 6. The van der Waals surface area contributed by atoms with Gasteiger partial charge in [-0.2, -0.15) is 0 Å². The molecule has 0 radical (unpaired) electrons. The molecule has 0 bridgehead atoms. The molecule has 5 rings (SSSR count). The van der Waals surface area contributed by atoms with Crippen LogP contribution >= 0.6 is 11.3 Å². The summed E-state index contributed by atoms with van der Waals surface area (Å²) in [4.78, 5) is 28.3. The summed E-state index contributed by atoms with van der Waals surface area (Å²) in [5.41, 5.74) is 2.01.